The molecule has 3 rings (SSSR count). The predicted molar refractivity (Wildman–Crippen MR) is 113 cm³/mol. The molecule has 0 atom stereocenters. The van der Waals surface area contributed by atoms with E-state index in [4.69, 9.17) is 14.2 Å². The summed E-state index contributed by atoms with van der Waals surface area (Å²) >= 11 is 0. The van der Waals surface area contributed by atoms with Crippen LogP contribution in [0.1, 0.15) is 24.0 Å². The van der Waals surface area contributed by atoms with Gasteiger partial charge in [0, 0.05) is 19.6 Å². The minimum atomic E-state index is -0.0381. The van der Waals surface area contributed by atoms with Crippen molar-refractivity contribution in [1.29, 1.82) is 0 Å². The van der Waals surface area contributed by atoms with Crippen LogP contribution in [-0.4, -0.2) is 51.3 Å². The summed E-state index contributed by atoms with van der Waals surface area (Å²) in [5, 5.41) is 2.96. The van der Waals surface area contributed by atoms with E-state index >= 15 is 0 Å². The maximum Gasteiger partial charge on any atom is 0.224 e. The Kier molecular flexibility index (Phi) is 7.36. The average molecular weight is 399 g/mol. The standard InChI is InChI=1S/C23H30N2O4/c1-25-12-10-20(11-13-25)29-19-7-4-17(5-8-19)16-24-23(26)15-18-6-9-21(27-2)22(14-18)28-3/h4-9,14,20H,10-13,15-16H2,1-3H3,(H,24,26). The normalized spacial score (nSPS) is 15.0. The minimum Gasteiger partial charge on any atom is -0.493 e. The number of piperidine rings is 1. The lowest BCUT2D eigenvalue weighted by Gasteiger charge is -2.29. The van der Waals surface area contributed by atoms with Gasteiger partial charge in [-0.25, -0.2) is 0 Å². The van der Waals surface area contributed by atoms with Crippen molar-refractivity contribution in [3.63, 3.8) is 0 Å². The molecule has 0 radical (unpaired) electrons. The van der Waals surface area contributed by atoms with Crippen molar-refractivity contribution in [1.82, 2.24) is 10.2 Å². The Balaban J connectivity index is 1.46. The highest BCUT2D eigenvalue weighted by Crippen LogP contribution is 2.27. The van der Waals surface area contributed by atoms with Gasteiger partial charge < -0.3 is 24.4 Å². The minimum absolute atomic E-state index is 0.0381. The number of ether oxygens (including phenoxy) is 3. The summed E-state index contributed by atoms with van der Waals surface area (Å²) in [5.74, 6) is 2.13. The van der Waals surface area contributed by atoms with Gasteiger partial charge in [0.05, 0.1) is 20.6 Å². The van der Waals surface area contributed by atoms with Crippen LogP contribution in [0, 0.1) is 0 Å². The van der Waals surface area contributed by atoms with Crippen LogP contribution in [0.5, 0.6) is 17.2 Å². The summed E-state index contributed by atoms with van der Waals surface area (Å²) in [6.07, 6.45) is 2.70. The second-order valence-corrected chi connectivity index (χ2v) is 7.41. The van der Waals surface area contributed by atoms with Crippen LogP contribution in [-0.2, 0) is 17.8 Å². The second kappa shape index (κ2) is 10.2. The number of benzene rings is 2. The fourth-order valence-corrected chi connectivity index (χ4v) is 3.42. The van der Waals surface area contributed by atoms with Crippen LogP contribution in [0.3, 0.4) is 0 Å². The van der Waals surface area contributed by atoms with Gasteiger partial charge in [-0.05, 0) is 55.3 Å². The zero-order chi connectivity index (χ0) is 20.6. The van der Waals surface area contributed by atoms with Gasteiger partial charge >= 0.3 is 0 Å². The number of carbonyl (C=O) groups is 1. The van der Waals surface area contributed by atoms with E-state index in [1.54, 1.807) is 14.2 Å². The molecule has 2 aromatic carbocycles. The molecule has 0 spiro atoms. The topological polar surface area (TPSA) is 60.0 Å². The second-order valence-electron chi connectivity index (χ2n) is 7.41. The van der Waals surface area contributed by atoms with Gasteiger partial charge in [-0.1, -0.05) is 18.2 Å². The first-order valence-corrected chi connectivity index (χ1v) is 9.99. The van der Waals surface area contributed by atoms with Crippen molar-refractivity contribution in [2.24, 2.45) is 0 Å². The largest absolute Gasteiger partial charge is 0.493 e. The Labute approximate surface area is 172 Å². The Hall–Kier alpha value is -2.73. The predicted octanol–water partition coefficient (Wildman–Crippen LogP) is 3.04. The van der Waals surface area contributed by atoms with Gasteiger partial charge in [-0.2, -0.15) is 0 Å². The van der Waals surface area contributed by atoms with Crippen LogP contribution in [0.2, 0.25) is 0 Å². The van der Waals surface area contributed by atoms with E-state index in [1.807, 2.05) is 42.5 Å². The fourth-order valence-electron chi connectivity index (χ4n) is 3.42. The lowest BCUT2D eigenvalue weighted by atomic mass is 10.1. The molecule has 0 aromatic heterocycles. The number of amides is 1. The highest BCUT2D eigenvalue weighted by Gasteiger charge is 2.17. The summed E-state index contributed by atoms with van der Waals surface area (Å²) in [6.45, 7) is 2.64. The van der Waals surface area contributed by atoms with Crippen LogP contribution in [0.4, 0.5) is 0 Å². The Bertz CT molecular complexity index is 799. The molecule has 2 aromatic rings. The third-order valence-electron chi connectivity index (χ3n) is 5.19. The maximum atomic E-state index is 12.3. The first kappa shape index (κ1) is 21.0. The molecule has 0 saturated carbocycles. The van der Waals surface area contributed by atoms with Gasteiger partial charge in [0.15, 0.2) is 11.5 Å². The van der Waals surface area contributed by atoms with Crippen molar-refractivity contribution in [3.8, 4) is 17.2 Å². The molecule has 0 unspecified atom stereocenters. The van der Waals surface area contributed by atoms with Gasteiger partial charge in [-0.15, -0.1) is 0 Å². The molecule has 1 heterocycles. The number of hydrogen-bond acceptors (Lipinski definition) is 5. The quantitative estimate of drug-likeness (QED) is 0.741. The van der Waals surface area contributed by atoms with Gasteiger partial charge in [0.25, 0.3) is 0 Å². The number of likely N-dealkylation sites (tertiary alicyclic amines) is 1. The molecule has 1 saturated heterocycles. The van der Waals surface area contributed by atoms with E-state index in [9.17, 15) is 4.79 Å². The van der Waals surface area contributed by atoms with E-state index in [1.165, 1.54) is 0 Å². The Morgan fingerprint density at radius 3 is 2.31 bits per heavy atom. The first-order valence-electron chi connectivity index (χ1n) is 9.99. The third kappa shape index (κ3) is 6.12. The number of carbonyl (C=O) groups excluding carboxylic acids is 1. The van der Waals surface area contributed by atoms with E-state index in [-0.39, 0.29) is 12.3 Å². The van der Waals surface area contributed by atoms with Gasteiger partial charge in [-0.3, -0.25) is 4.79 Å². The van der Waals surface area contributed by atoms with Crippen molar-refractivity contribution in [2.45, 2.75) is 31.9 Å². The van der Waals surface area contributed by atoms with E-state index in [0.29, 0.717) is 24.1 Å². The van der Waals surface area contributed by atoms with Gasteiger partial charge in [0.2, 0.25) is 5.91 Å². The van der Waals surface area contributed by atoms with Crippen LogP contribution < -0.4 is 19.5 Å². The van der Waals surface area contributed by atoms with Crippen molar-refractivity contribution < 1.29 is 19.0 Å². The van der Waals surface area contributed by atoms with Gasteiger partial charge in [0.1, 0.15) is 11.9 Å². The summed E-state index contributed by atoms with van der Waals surface area (Å²) in [5.41, 5.74) is 1.92. The van der Waals surface area contributed by atoms with Crippen LogP contribution in [0.15, 0.2) is 42.5 Å². The zero-order valence-electron chi connectivity index (χ0n) is 17.4. The molecule has 1 aliphatic rings. The highest BCUT2D eigenvalue weighted by atomic mass is 16.5. The first-order chi connectivity index (χ1) is 14.1. The lowest BCUT2D eigenvalue weighted by molar-refractivity contribution is -0.120. The number of nitrogens with zero attached hydrogens (tertiary/aromatic N) is 1. The van der Waals surface area contributed by atoms with E-state index < -0.39 is 0 Å². The molecule has 156 valence electrons. The van der Waals surface area contributed by atoms with E-state index in [0.717, 1.165) is 42.8 Å². The third-order valence-corrected chi connectivity index (χ3v) is 5.19. The Morgan fingerprint density at radius 1 is 1.00 bits per heavy atom. The molecule has 1 aliphatic heterocycles. The fraction of sp³-hybridized carbons (Fsp3) is 0.435. The molecule has 1 amide bonds. The monoisotopic (exact) mass is 398 g/mol. The van der Waals surface area contributed by atoms with Crippen LogP contribution in [0.25, 0.3) is 0 Å². The van der Waals surface area contributed by atoms with Crippen molar-refractivity contribution in [3.05, 3.63) is 53.6 Å². The molecule has 0 bridgehead atoms. The molecule has 6 nitrogen and oxygen atoms in total. The SMILES string of the molecule is COc1ccc(CC(=O)NCc2ccc(OC3CCN(C)CC3)cc2)cc1OC. The number of nitrogens with one attached hydrogen (secondary N) is 1. The molecule has 0 aliphatic carbocycles. The zero-order valence-corrected chi connectivity index (χ0v) is 17.4. The van der Waals surface area contributed by atoms with Crippen molar-refractivity contribution >= 4 is 5.91 Å². The molecule has 1 N–H and O–H groups in total. The summed E-state index contributed by atoms with van der Waals surface area (Å²) in [7, 11) is 5.32. The van der Waals surface area contributed by atoms with Crippen molar-refractivity contribution in [2.75, 3.05) is 34.4 Å². The van der Waals surface area contributed by atoms with Crippen LogP contribution >= 0.6 is 0 Å². The molecule has 29 heavy (non-hydrogen) atoms. The Morgan fingerprint density at radius 2 is 1.66 bits per heavy atom. The number of methoxy groups -OCH3 is 2. The summed E-state index contributed by atoms with van der Waals surface area (Å²) < 4.78 is 16.6. The summed E-state index contributed by atoms with van der Waals surface area (Å²) in [6, 6.07) is 13.5. The molecular weight excluding hydrogens is 368 g/mol. The number of rotatable bonds is 8. The number of hydrogen-bond donors (Lipinski definition) is 1. The highest BCUT2D eigenvalue weighted by molar-refractivity contribution is 5.78. The molecular formula is C23H30N2O4. The lowest BCUT2D eigenvalue weighted by Crippen LogP contribution is -2.35. The maximum absolute atomic E-state index is 12.3. The summed E-state index contributed by atoms with van der Waals surface area (Å²) in [4.78, 5) is 14.6. The molecule has 6 heteroatoms. The average Bonchev–Trinajstić information content (AvgIpc) is 2.74. The van der Waals surface area contributed by atoms with E-state index in [2.05, 4.69) is 17.3 Å². The smallest absolute Gasteiger partial charge is 0.224 e. The molecule has 1 fully saturated rings.